The van der Waals surface area contributed by atoms with Gasteiger partial charge in [-0.05, 0) is 32.4 Å². The highest BCUT2D eigenvalue weighted by molar-refractivity contribution is 7.21. The Morgan fingerprint density at radius 3 is 2.67 bits per heavy atom. The van der Waals surface area contributed by atoms with Gasteiger partial charge in [0, 0.05) is 18.6 Å². The van der Waals surface area contributed by atoms with Gasteiger partial charge in [-0.1, -0.05) is 12.1 Å². The zero-order valence-electron chi connectivity index (χ0n) is 16.7. The van der Waals surface area contributed by atoms with Crippen molar-refractivity contribution in [1.82, 2.24) is 15.0 Å². The van der Waals surface area contributed by atoms with Crippen LogP contribution in [0, 0.1) is 5.92 Å². The number of nitrogens with zero attached hydrogens (tertiary/aromatic N) is 2. The molecule has 0 unspecified atom stereocenters. The van der Waals surface area contributed by atoms with Crippen molar-refractivity contribution in [1.29, 1.82) is 0 Å². The molecule has 1 aliphatic carbocycles. The van der Waals surface area contributed by atoms with Crippen LogP contribution >= 0.6 is 11.3 Å². The van der Waals surface area contributed by atoms with Crippen molar-refractivity contribution in [3.05, 3.63) is 34.6 Å². The van der Waals surface area contributed by atoms with Crippen LogP contribution in [-0.4, -0.2) is 61.2 Å². The largest absolute Gasteiger partial charge is 0.396 e. The number of anilines is 2. The van der Waals surface area contributed by atoms with Crippen molar-refractivity contribution >= 4 is 33.3 Å². The molecule has 1 aliphatic rings. The fourth-order valence-electron chi connectivity index (χ4n) is 3.72. The van der Waals surface area contributed by atoms with E-state index < -0.39 is 24.2 Å². The van der Waals surface area contributed by atoms with E-state index in [9.17, 15) is 20.1 Å². The number of aliphatic hydroxyl groups excluding tert-OH is 3. The molecular formula is C20H25N5O4S. The molecule has 2 aromatic heterocycles. The summed E-state index contributed by atoms with van der Waals surface area (Å²) in [5.74, 6) is 0.128. The first-order chi connectivity index (χ1) is 14.4. The number of para-hydroxylation sites is 1. The van der Waals surface area contributed by atoms with Crippen LogP contribution < -0.4 is 16.2 Å². The maximum atomic E-state index is 13.0. The zero-order chi connectivity index (χ0) is 21.4. The molecule has 9 nitrogen and oxygen atoms in total. The zero-order valence-corrected chi connectivity index (χ0v) is 17.5. The molecule has 0 bridgehead atoms. The fraction of sp³-hybridized carbons (Fsp3) is 0.450. The third kappa shape index (κ3) is 3.91. The number of rotatable bonds is 6. The molecule has 4 rings (SSSR count). The van der Waals surface area contributed by atoms with Gasteiger partial charge in [-0.3, -0.25) is 9.78 Å². The molecule has 3 aromatic rings. The van der Waals surface area contributed by atoms with Gasteiger partial charge < -0.3 is 26.0 Å². The third-order valence-corrected chi connectivity index (χ3v) is 6.26. The van der Waals surface area contributed by atoms with E-state index in [-0.39, 0.29) is 29.6 Å². The van der Waals surface area contributed by atoms with Crippen molar-refractivity contribution in [2.75, 3.05) is 17.2 Å². The van der Waals surface area contributed by atoms with Gasteiger partial charge in [-0.2, -0.15) is 4.98 Å². The summed E-state index contributed by atoms with van der Waals surface area (Å²) in [7, 11) is 0. The van der Waals surface area contributed by atoms with E-state index in [4.69, 9.17) is 0 Å². The van der Waals surface area contributed by atoms with Crippen LogP contribution in [-0.2, 0) is 0 Å². The summed E-state index contributed by atoms with van der Waals surface area (Å²) in [5.41, 5.74) is 0.699. The molecule has 0 amide bonds. The molecule has 1 saturated carbocycles. The van der Waals surface area contributed by atoms with Gasteiger partial charge in [-0.15, -0.1) is 11.3 Å². The predicted octanol–water partition coefficient (Wildman–Crippen LogP) is 1.38. The average Bonchev–Trinajstić information content (AvgIpc) is 3.23. The van der Waals surface area contributed by atoms with Gasteiger partial charge in [0.1, 0.15) is 22.5 Å². The summed E-state index contributed by atoms with van der Waals surface area (Å²) in [4.78, 5) is 24.9. The quantitative estimate of drug-likeness (QED) is 0.344. The second-order valence-corrected chi connectivity index (χ2v) is 8.86. The monoisotopic (exact) mass is 431 g/mol. The molecule has 0 aliphatic heterocycles. The van der Waals surface area contributed by atoms with E-state index in [0.29, 0.717) is 17.4 Å². The van der Waals surface area contributed by atoms with Gasteiger partial charge in [0.15, 0.2) is 0 Å². The number of aromatic amines is 1. The number of thiazole rings is 1. The number of hydrogen-bond donors (Lipinski definition) is 6. The maximum absolute atomic E-state index is 13.0. The second kappa shape index (κ2) is 8.31. The minimum absolute atomic E-state index is 0.0481. The summed E-state index contributed by atoms with van der Waals surface area (Å²) in [6.45, 7) is 3.62. The van der Waals surface area contributed by atoms with E-state index in [2.05, 4.69) is 25.6 Å². The Balaban J connectivity index is 1.78. The summed E-state index contributed by atoms with van der Waals surface area (Å²) in [6, 6.07) is 7.09. The van der Waals surface area contributed by atoms with E-state index >= 15 is 0 Å². The number of nitrogens with one attached hydrogen (secondary N) is 3. The Hall–Kier alpha value is -2.53. The van der Waals surface area contributed by atoms with E-state index in [1.807, 2.05) is 38.1 Å². The van der Waals surface area contributed by atoms with Crippen molar-refractivity contribution in [3.8, 4) is 10.6 Å². The van der Waals surface area contributed by atoms with E-state index in [1.54, 1.807) is 0 Å². The minimum Gasteiger partial charge on any atom is -0.396 e. The lowest BCUT2D eigenvalue weighted by molar-refractivity contribution is 0.00446. The van der Waals surface area contributed by atoms with Gasteiger partial charge in [0.05, 0.1) is 22.4 Å². The molecule has 160 valence electrons. The number of fused-ring (bicyclic) bond motifs is 1. The minimum atomic E-state index is -1.09. The molecule has 30 heavy (non-hydrogen) atoms. The van der Waals surface area contributed by atoms with Crippen LogP contribution in [0.5, 0.6) is 0 Å². The normalized spacial score (nSPS) is 23.9. The number of aromatic nitrogens is 3. The Morgan fingerprint density at radius 1 is 1.23 bits per heavy atom. The first-order valence-electron chi connectivity index (χ1n) is 9.87. The molecule has 0 saturated heterocycles. The van der Waals surface area contributed by atoms with Crippen molar-refractivity contribution < 1.29 is 15.3 Å². The van der Waals surface area contributed by atoms with E-state index in [0.717, 1.165) is 10.2 Å². The van der Waals surface area contributed by atoms with Gasteiger partial charge in [0.25, 0.3) is 5.56 Å². The van der Waals surface area contributed by atoms with Crippen molar-refractivity contribution in [3.63, 3.8) is 0 Å². The maximum Gasteiger partial charge on any atom is 0.264 e. The molecule has 6 N–H and O–H groups in total. The number of hydrogen-bond acceptors (Lipinski definition) is 9. The smallest absolute Gasteiger partial charge is 0.264 e. The highest BCUT2D eigenvalue weighted by Gasteiger charge is 2.41. The van der Waals surface area contributed by atoms with Gasteiger partial charge in [-0.25, -0.2) is 4.98 Å². The standard InChI is InChI=1S/C20H25N5O4S/c1-9(2)21-20-24-17(22-12-7-10(8-26)15(27)16(12)28)14(18(29)25-20)19-23-11-5-3-4-6-13(11)30-19/h3-6,9-10,12,15-16,26-28H,7-8H2,1-2H3,(H3,21,22,24,25,29)/t10-,12-,15-,16+/m1/s1. The highest BCUT2D eigenvalue weighted by Crippen LogP contribution is 2.34. The van der Waals surface area contributed by atoms with Gasteiger partial charge >= 0.3 is 0 Å². The van der Waals surface area contributed by atoms with Crippen molar-refractivity contribution in [2.24, 2.45) is 5.92 Å². The van der Waals surface area contributed by atoms with E-state index in [1.165, 1.54) is 11.3 Å². The first kappa shape index (κ1) is 20.7. The molecule has 4 atom stereocenters. The second-order valence-electron chi connectivity index (χ2n) is 7.83. The third-order valence-electron chi connectivity index (χ3n) is 5.21. The van der Waals surface area contributed by atoms with Crippen LogP contribution in [0.4, 0.5) is 11.8 Å². The topological polar surface area (TPSA) is 143 Å². The highest BCUT2D eigenvalue weighted by atomic mass is 32.1. The molecule has 0 radical (unpaired) electrons. The summed E-state index contributed by atoms with van der Waals surface area (Å²) < 4.78 is 0.943. The Bertz CT molecular complexity index is 1070. The number of aliphatic hydroxyl groups is 3. The Kier molecular flexibility index (Phi) is 5.74. The Morgan fingerprint density at radius 2 is 2.00 bits per heavy atom. The number of H-pyrrole nitrogens is 1. The van der Waals surface area contributed by atoms with Crippen LogP contribution in [0.2, 0.25) is 0 Å². The lowest BCUT2D eigenvalue weighted by Crippen LogP contribution is -2.36. The van der Waals surface area contributed by atoms with Crippen molar-refractivity contribution in [2.45, 2.75) is 44.6 Å². The molecule has 1 fully saturated rings. The van der Waals surface area contributed by atoms with Gasteiger partial charge in [0.2, 0.25) is 5.95 Å². The van der Waals surface area contributed by atoms with Crippen LogP contribution in [0.25, 0.3) is 20.8 Å². The lowest BCUT2D eigenvalue weighted by atomic mass is 10.1. The van der Waals surface area contributed by atoms with Crippen LogP contribution in [0.3, 0.4) is 0 Å². The predicted molar refractivity (Wildman–Crippen MR) is 117 cm³/mol. The SMILES string of the molecule is CC(C)Nc1nc(N[C@@H]2C[C@H](CO)[C@@H](O)[C@H]2O)c(-c2nc3ccccc3s2)c(=O)[nH]1. The molecular weight excluding hydrogens is 406 g/mol. The fourth-order valence-corrected chi connectivity index (χ4v) is 4.73. The first-order valence-corrected chi connectivity index (χ1v) is 10.7. The molecule has 2 heterocycles. The molecule has 10 heteroatoms. The van der Waals surface area contributed by atoms with Crippen LogP contribution in [0.1, 0.15) is 20.3 Å². The lowest BCUT2D eigenvalue weighted by Gasteiger charge is -2.20. The molecule has 1 aromatic carbocycles. The summed E-state index contributed by atoms with van der Waals surface area (Å²) >= 11 is 1.38. The summed E-state index contributed by atoms with van der Waals surface area (Å²) in [5, 5.41) is 36.7. The average molecular weight is 432 g/mol. The Labute approximate surface area is 176 Å². The van der Waals surface area contributed by atoms with Crippen LogP contribution in [0.15, 0.2) is 29.1 Å². The molecule has 0 spiro atoms. The number of benzene rings is 1. The summed E-state index contributed by atoms with van der Waals surface area (Å²) in [6.07, 6.45) is -1.79.